The first kappa shape index (κ1) is 12.7. The van der Waals surface area contributed by atoms with Gasteiger partial charge in [-0.05, 0) is 32.8 Å². The van der Waals surface area contributed by atoms with E-state index in [1.54, 1.807) is 12.1 Å². The van der Waals surface area contributed by atoms with E-state index >= 15 is 0 Å². The molecule has 1 aromatic rings. The minimum atomic E-state index is -0.328. The summed E-state index contributed by atoms with van der Waals surface area (Å²) in [5.41, 5.74) is 1.92. The molecule has 0 aliphatic carbocycles. The Balaban J connectivity index is 2.36. The fourth-order valence-electron chi connectivity index (χ4n) is 2.49. The minimum absolute atomic E-state index is 0.155. The van der Waals surface area contributed by atoms with Crippen molar-refractivity contribution in [3.8, 4) is 0 Å². The van der Waals surface area contributed by atoms with E-state index in [0.717, 1.165) is 37.3 Å². The molecule has 0 bridgehead atoms. The summed E-state index contributed by atoms with van der Waals surface area (Å²) in [6, 6.07) is 5.72. The molecule has 18 heavy (non-hydrogen) atoms. The van der Waals surface area contributed by atoms with E-state index in [1.165, 1.54) is 0 Å². The number of non-ortho nitro benzene ring substituents is 1. The Bertz CT molecular complexity index is 448. The third-order valence-corrected chi connectivity index (χ3v) is 3.38. The highest BCUT2D eigenvalue weighted by molar-refractivity contribution is 5.65. The number of nitro groups is 1. The van der Waals surface area contributed by atoms with Gasteiger partial charge in [-0.15, -0.1) is 0 Å². The van der Waals surface area contributed by atoms with Gasteiger partial charge in [-0.3, -0.25) is 10.1 Å². The summed E-state index contributed by atoms with van der Waals surface area (Å²) < 4.78 is 0. The summed E-state index contributed by atoms with van der Waals surface area (Å²) in [5.74, 6) is 0. The molecule has 1 aliphatic rings. The van der Waals surface area contributed by atoms with E-state index in [0.29, 0.717) is 6.04 Å². The number of benzene rings is 1. The zero-order valence-corrected chi connectivity index (χ0v) is 10.8. The fourth-order valence-corrected chi connectivity index (χ4v) is 2.49. The highest BCUT2D eigenvalue weighted by Crippen LogP contribution is 2.31. The molecule has 0 spiro atoms. The molecule has 1 unspecified atom stereocenters. The number of hydrogen-bond donors (Lipinski definition) is 1. The monoisotopic (exact) mass is 249 g/mol. The van der Waals surface area contributed by atoms with Gasteiger partial charge < -0.3 is 10.2 Å². The van der Waals surface area contributed by atoms with Gasteiger partial charge in [0.2, 0.25) is 0 Å². The molecule has 2 rings (SSSR count). The summed E-state index contributed by atoms with van der Waals surface area (Å²) in [7, 11) is 0. The van der Waals surface area contributed by atoms with Crippen molar-refractivity contribution in [2.24, 2.45) is 0 Å². The Morgan fingerprint density at radius 3 is 2.83 bits per heavy atom. The number of rotatable bonds is 4. The Hall–Kier alpha value is -1.78. The maximum Gasteiger partial charge on any atom is 0.273 e. The predicted molar refractivity (Wildman–Crippen MR) is 73.3 cm³/mol. The van der Waals surface area contributed by atoms with Crippen molar-refractivity contribution in [1.82, 2.24) is 0 Å². The van der Waals surface area contributed by atoms with Gasteiger partial charge in [0.1, 0.15) is 0 Å². The van der Waals surface area contributed by atoms with Crippen molar-refractivity contribution < 1.29 is 4.92 Å². The molecule has 1 aromatic carbocycles. The second-order valence-electron chi connectivity index (χ2n) is 4.71. The van der Waals surface area contributed by atoms with Crippen LogP contribution in [0.3, 0.4) is 0 Å². The maximum absolute atomic E-state index is 11.0. The Morgan fingerprint density at radius 2 is 2.28 bits per heavy atom. The van der Waals surface area contributed by atoms with Crippen LogP contribution in [0.25, 0.3) is 0 Å². The average molecular weight is 249 g/mol. The number of nitrogens with one attached hydrogen (secondary N) is 1. The molecule has 1 aliphatic heterocycles. The average Bonchev–Trinajstić information content (AvgIpc) is 2.75. The third-order valence-electron chi connectivity index (χ3n) is 3.38. The molecule has 5 nitrogen and oxygen atoms in total. The SMILES string of the molecule is CCNc1cc(N2CCCC2C)cc([N+](=O)[O-])c1. The van der Waals surface area contributed by atoms with Crippen LogP contribution in [0.15, 0.2) is 18.2 Å². The van der Waals surface area contributed by atoms with Crippen LogP contribution in [0, 0.1) is 10.1 Å². The lowest BCUT2D eigenvalue weighted by atomic mass is 10.2. The van der Waals surface area contributed by atoms with Crippen molar-refractivity contribution in [3.05, 3.63) is 28.3 Å². The van der Waals surface area contributed by atoms with Gasteiger partial charge >= 0.3 is 0 Å². The third kappa shape index (κ3) is 2.55. The van der Waals surface area contributed by atoms with Crippen molar-refractivity contribution in [1.29, 1.82) is 0 Å². The van der Waals surface area contributed by atoms with Crippen molar-refractivity contribution in [2.75, 3.05) is 23.3 Å². The lowest BCUT2D eigenvalue weighted by Crippen LogP contribution is -2.26. The Kier molecular flexibility index (Phi) is 3.69. The van der Waals surface area contributed by atoms with Crippen LogP contribution in [0.5, 0.6) is 0 Å². The Labute approximate surface area is 107 Å². The van der Waals surface area contributed by atoms with E-state index in [2.05, 4.69) is 17.1 Å². The first-order chi connectivity index (χ1) is 8.61. The number of anilines is 2. The number of nitrogens with zero attached hydrogens (tertiary/aromatic N) is 2. The summed E-state index contributed by atoms with van der Waals surface area (Å²) in [6.07, 6.45) is 2.31. The molecule has 1 N–H and O–H groups in total. The molecule has 5 heteroatoms. The molecular formula is C13H19N3O2. The lowest BCUT2D eigenvalue weighted by Gasteiger charge is -2.24. The van der Waals surface area contributed by atoms with Crippen LogP contribution >= 0.6 is 0 Å². The van der Waals surface area contributed by atoms with Crippen LogP contribution in [0.4, 0.5) is 17.1 Å². The van der Waals surface area contributed by atoms with Crippen LogP contribution < -0.4 is 10.2 Å². The second-order valence-corrected chi connectivity index (χ2v) is 4.71. The lowest BCUT2D eigenvalue weighted by molar-refractivity contribution is -0.384. The van der Waals surface area contributed by atoms with Crippen molar-refractivity contribution in [2.45, 2.75) is 32.7 Å². The highest BCUT2D eigenvalue weighted by Gasteiger charge is 2.22. The molecule has 1 fully saturated rings. The highest BCUT2D eigenvalue weighted by atomic mass is 16.6. The molecule has 1 atom stereocenters. The van der Waals surface area contributed by atoms with E-state index < -0.39 is 0 Å². The van der Waals surface area contributed by atoms with Gasteiger partial charge in [0.25, 0.3) is 5.69 Å². The first-order valence-electron chi connectivity index (χ1n) is 6.42. The largest absolute Gasteiger partial charge is 0.385 e. The fraction of sp³-hybridized carbons (Fsp3) is 0.538. The number of hydrogen-bond acceptors (Lipinski definition) is 4. The van der Waals surface area contributed by atoms with Crippen LogP contribution in [-0.4, -0.2) is 24.1 Å². The van der Waals surface area contributed by atoms with Gasteiger partial charge in [-0.1, -0.05) is 0 Å². The molecule has 0 aromatic heterocycles. The second kappa shape index (κ2) is 5.25. The maximum atomic E-state index is 11.0. The molecular weight excluding hydrogens is 230 g/mol. The summed E-state index contributed by atoms with van der Waals surface area (Å²) in [6.45, 7) is 5.89. The van der Waals surface area contributed by atoms with Gasteiger partial charge in [-0.25, -0.2) is 0 Å². The normalized spacial score (nSPS) is 19.0. The van der Waals surface area contributed by atoms with Crippen LogP contribution in [-0.2, 0) is 0 Å². The molecule has 1 heterocycles. The van der Waals surface area contributed by atoms with Gasteiger partial charge in [0, 0.05) is 42.6 Å². The zero-order chi connectivity index (χ0) is 13.1. The Morgan fingerprint density at radius 1 is 1.50 bits per heavy atom. The topological polar surface area (TPSA) is 58.4 Å². The smallest absolute Gasteiger partial charge is 0.273 e. The van der Waals surface area contributed by atoms with E-state index in [1.807, 2.05) is 13.0 Å². The van der Waals surface area contributed by atoms with Gasteiger partial charge in [0.15, 0.2) is 0 Å². The quantitative estimate of drug-likeness (QED) is 0.658. The molecule has 0 saturated carbocycles. The van der Waals surface area contributed by atoms with Crippen molar-refractivity contribution in [3.63, 3.8) is 0 Å². The first-order valence-corrected chi connectivity index (χ1v) is 6.42. The van der Waals surface area contributed by atoms with Crippen molar-refractivity contribution >= 4 is 17.1 Å². The molecule has 0 radical (unpaired) electrons. The van der Waals surface area contributed by atoms with E-state index in [4.69, 9.17) is 0 Å². The van der Waals surface area contributed by atoms with Gasteiger partial charge in [-0.2, -0.15) is 0 Å². The minimum Gasteiger partial charge on any atom is -0.385 e. The summed E-state index contributed by atoms with van der Waals surface area (Å²) in [4.78, 5) is 12.9. The number of nitro benzene ring substituents is 1. The van der Waals surface area contributed by atoms with Gasteiger partial charge in [0.05, 0.1) is 4.92 Å². The van der Waals surface area contributed by atoms with Crippen LogP contribution in [0.2, 0.25) is 0 Å². The summed E-state index contributed by atoms with van der Waals surface area (Å²) in [5, 5.41) is 14.1. The molecule has 98 valence electrons. The summed E-state index contributed by atoms with van der Waals surface area (Å²) >= 11 is 0. The van der Waals surface area contributed by atoms with E-state index in [9.17, 15) is 10.1 Å². The molecule has 0 amide bonds. The zero-order valence-electron chi connectivity index (χ0n) is 10.8. The predicted octanol–water partition coefficient (Wildman–Crippen LogP) is 3.02. The van der Waals surface area contributed by atoms with E-state index in [-0.39, 0.29) is 10.6 Å². The standard InChI is InChI=1S/C13H19N3O2/c1-3-14-11-7-12(9-13(8-11)16(17)18)15-6-4-5-10(15)2/h7-10,14H,3-6H2,1-2H3. The van der Waals surface area contributed by atoms with Crippen LogP contribution in [0.1, 0.15) is 26.7 Å². The molecule has 1 saturated heterocycles.